The van der Waals surface area contributed by atoms with Gasteiger partial charge in [0.05, 0.1) is 10.5 Å². The first kappa shape index (κ1) is 15.2. The summed E-state index contributed by atoms with van der Waals surface area (Å²) >= 11 is 3.41. The molecule has 0 saturated heterocycles. The predicted octanol–water partition coefficient (Wildman–Crippen LogP) is 4.14. The van der Waals surface area contributed by atoms with Crippen LogP contribution in [0.4, 0.5) is 5.69 Å². The van der Waals surface area contributed by atoms with E-state index < -0.39 is 4.92 Å². The van der Waals surface area contributed by atoms with Crippen molar-refractivity contribution in [1.82, 2.24) is 0 Å². The van der Waals surface area contributed by atoms with Gasteiger partial charge in [0, 0.05) is 16.1 Å². The number of ketones is 1. The maximum atomic E-state index is 11.5. The van der Waals surface area contributed by atoms with Crippen molar-refractivity contribution in [3.63, 3.8) is 0 Å². The van der Waals surface area contributed by atoms with Gasteiger partial charge in [0.15, 0.2) is 5.78 Å². The molecular formula is C15H12BrNO4. The highest BCUT2D eigenvalue weighted by Gasteiger charge is 2.18. The number of nitrogens with zero attached hydrogens (tertiary/aromatic N) is 1. The number of nitro groups is 1. The van der Waals surface area contributed by atoms with E-state index in [-0.39, 0.29) is 17.0 Å². The molecule has 0 N–H and O–H groups in total. The first-order valence-electron chi connectivity index (χ1n) is 6.14. The second-order valence-corrected chi connectivity index (χ2v) is 5.23. The van der Waals surface area contributed by atoms with Crippen molar-refractivity contribution in [3.8, 4) is 5.75 Å². The zero-order valence-corrected chi connectivity index (χ0v) is 12.8. The van der Waals surface area contributed by atoms with Gasteiger partial charge in [-0.25, -0.2) is 0 Å². The van der Waals surface area contributed by atoms with Crippen LogP contribution in [0.1, 0.15) is 22.8 Å². The minimum atomic E-state index is -0.575. The van der Waals surface area contributed by atoms with E-state index in [4.69, 9.17) is 4.74 Å². The number of hydrogen-bond donors (Lipinski definition) is 0. The lowest BCUT2D eigenvalue weighted by Gasteiger charge is -2.09. The molecule has 2 aromatic carbocycles. The maximum Gasteiger partial charge on any atom is 0.280 e. The Morgan fingerprint density at radius 1 is 1.29 bits per heavy atom. The lowest BCUT2D eigenvalue weighted by molar-refractivity contribution is -0.385. The van der Waals surface area contributed by atoms with Gasteiger partial charge in [-0.05, 0) is 25.1 Å². The normalized spacial score (nSPS) is 10.2. The number of halogens is 1. The Kier molecular flexibility index (Phi) is 4.70. The molecule has 0 aromatic heterocycles. The lowest BCUT2D eigenvalue weighted by Crippen LogP contribution is -2.02. The van der Waals surface area contributed by atoms with Crippen molar-refractivity contribution in [2.75, 3.05) is 0 Å². The first-order chi connectivity index (χ1) is 9.99. The summed E-state index contributed by atoms with van der Waals surface area (Å²) in [7, 11) is 0. The van der Waals surface area contributed by atoms with Gasteiger partial charge in [0.25, 0.3) is 5.69 Å². The van der Waals surface area contributed by atoms with E-state index in [0.29, 0.717) is 12.4 Å². The molecule has 0 aliphatic rings. The summed E-state index contributed by atoms with van der Waals surface area (Å²) in [6.07, 6.45) is 0. The van der Waals surface area contributed by atoms with Crippen molar-refractivity contribution in [3.05, 3.63) is 68.2 Å². The quantitative estimate of drug-likeness (QED) is 0.462. The summed E-state index contributed by atoms with van der Waals surface area (Å²) in [5.74, 6) is 0.0506. The SMILES string of the molecule is CC(=O)c1cc(OCc2ccccc2Br)ccc1[N+](=O)[O-]. The van der Waals surface area contributed by atoms with Crippen LogP contribution in [-0.2, 0) is 6.61 Å². The highest BCUT2D eigenvalue weighted by atomic mass is 79.9. The van der Waals surface area contributed by atoms with Crippen LogP contribution in [-0.4, -0.2) is 10.7 Å². The lowest BCUT2D eigenvalue weighted by atomic mass is 10.1. The number of Topliss-reactive ketones (excluding diaryl/α,β-unsaturated/α-hetero) is 1. The number of benzene rings is 2. The number of ether oxygens (including phenoxy) is 1. The van der Waals surface area contributed by atoms with E-state index in [1.807, 2.05) is 24.3 Å². The van der Waals surface area contributed by atoms with Crippen molar-refractivity contribution < 1.29 is 14.5 Å². The Labute approximate surface area is 129 Å². The fraction of sp³-hybridized carbons (Fsp3) is 0.133. The Morgan fingerprint density at radius 2 is 2.00 bits per heavy atom. The second kappa shape index (κ2) is 6.49. The van der Waals surface area contributed by atoms with Gasteiger partial charge in [-0.1, -0.05) is 34.1 Å². The van der Waals surface area contributed by atoms with Crippen molar-refractivity contribution >= 4 is 27.4 Å². The minimum Gasteiger partial charge on any atom is -0.489 e. The van der Waals surface area contributed by atoms with Crippen molar-refractivity contribution in [2.45, 2.75) is 13.5 Å². The van der Waals surface area contributed by atoms with Crippen molar-refractivity contribution in [1.29, 1.82) is 0 Å². The molecule has 2 aromatic rings. The van der Waals surface area contributed by atoms with Gasteiger partial charge >= 0.3 is 0 Å². The van der Waals surface area contributed by atoms with E-state index in [1.54, 1.807) is 0 Å². The summed E-state index contributed by atoms with van der Waals surface area (Å²) in [6, 6.07) is 11.8. The van der Waals surface area contributed by atoms with E-state index in [1.165, 1.54) is 25.1 Å². The van der Waals surface area contributed by atoms with Gasteiger partial charge in [-0.15, -0.1) is 0 Å². The van der Waals surface area contributed by atoms with Gasteiger partial charge in [-0.3, -0.25) is 14.9 Å². The van der Waals surface area contributed by atoms with E-state index in [0.717, 1.165) is 10.0 Å². The van der Waals surface area contributed by atoms with E-state index in [9.17, 15) is 14.9 Å². The molecule has 5 nitrogen and oxygen atoms in total. The number of carbonyl (C=O) groups excluding carboxylic acids is 1. The summed E-state index contributed by atoms with van der Waals surface area (Å²) in [5.41, 5.74) is 0.778. The molecule has 0 spiro atoms. The Hall–Kier alpha value is -2.21. The van der Waals surface area contributed by atoms with Crippen LogP contribution in [0.5, 0.6) is 5.75 Å². The molecule has 6 heteroatoms. The monoisotopic (exact) mass is 349 g/mol. The van der Waals surface area contributed by atoms with Crippen LogP contribution in [0.15, 0.2) is 46.9 Å². The molecule has 0 heterocycles. The molecule has 0 unspecified atom stereocenters. The molecule has 0 fully saturated rings. The zero-order chi connectivity index (χ0) is 15.4. The molecule has 21 heavy (non-hydrogen) atoms. The molecular weight excluding hydrogens is 338 g/mol. The Bertz CT molecular complexity index is 700. The molecule has 0 amide bonds. The van der Waals surface area contributed by atoms with Crippen LogP contribution in [0.25, 0.3) is 0 Å². The van der Waals surface area contributed by atoms with Crippen LogP contribution in [0.3, 0.4) is 0 Å². The van der Waals surface area contributed by atoms with Gasteiger partial charge in [0.1, 0.15) is 12.4 Å². The average Bonchev–Trinajstić information content (AvgIpc) is 2.46. The van der Waals surface area contributed by atoms with Crippen LogP contribution >= 0.6 is 15.9 Å². The average molecular weight is 350 g/mol. The molecule has 0 bridgehead atoms. The fourth-order valence-corrected chi connectivity index (χ4v) is 2.22. The third-order valence-electron chi connectivity index (χ3n) is 2.90. The number of nitro benzene ring substituents is 1. The van der Waals surface area contributed by atoms with Gasteiger partial charge < -0.3 is 4.74 Å². The number of carbonyl (C=O) groups is 1. The molecule has 0 aliphatic heterocycles. The minimum absolute atomic E-state index is 0.0460. The van der Waals surface area contributed by atoms with E-state index in [2.05, 4.69) is 15.9 Å². The molecule has 0 aliphatic carbocycles. The fourth-order valence-electron chi connectivity index (χ4n) is 1.82. The van der Waals surface area contributed by atoms with Crippen LogP contribution in [0.2, 0.25) is 0 Å². The standard InChI is InChI=1S/C15H12BrNO4/c1-10(18)13-8-12(6-7-15(13)17(19)20)21-9-11-4-2-3-5-14(11)16/h2-8H,9H2,1H3. The third kappa shape index (κ3) is 3.66. The predicted molar refractivity (Wildman–Crippen MR) is 81.6 cm³/mol. The topological polar surface area (TPSA) is 69.4 Å². The largest absolute Gasteiger partial charge is 0.489 e. The molecule has 0 atom stereocenters. The van der Waals surface area contributed by atoms with Crippen LogP contribution < -0.4 is 4.74 Å². The summed E-state index contributed by atoms with van der Waals surface area (Å²) in [5, 5.41) is 10.9. The number of hydrogen-bond acceptors (Lipinski definition) is 4. The van der Waals surface area contributed by atoms with Crippen LogP contribution in [0, 0.1) is 10.1 Å². The molecule has 108 valence electrons. The third-order valence-corrected chi connectivity index (χ3v) is 3.67. The molecule has 0 saturated carbocycles. The second-order valence-electron chi connectivity index (χ2n) is 4.37. The smallest absolute Gasteiger partial charge is 0.280 e. The number of rotatable bonds is 5. The Morgan fingerprint density at radius 3 is 2.62 bits per heavy atom. The molecule has 2 rings (SSSR count). The Balaban J connectivity index is 2.22. The summed E-state index contributed by atoms with van der Waals surface area (Å²) < 4.78 is 6.51. The highest BCUT2D eigenvalue weighted by molar-refractivity contribution is 9.10. The van der Waals surface area contributed by atoms with Gasteiger partial charge in [-0.2, -0.15) is 0 Å². The van der Waals surface area contributed by atoms with Crippen molar-refractivity contribution in [2.24, 2.45) is 0 Å². The highest BCUT2D eigenvalue weighted by Crippen LogP contribution is 2.26. The summed E-state index contributed by atoms with van der Waals surface area (Å²) in [4.78, 5) is 21.8. The van der Waals surface area contributed by atoms with Gasteiger partial charge in [0.2, 0.25) is 0 Å². The molecule has 0 radical (unpaired) electrons. The first-order valence-corrected chi connectivity index (χ1v) is 6.94. The summed E-state index contributed by atoms with van der Waals surface area (Å²) in [6.45, 7) is 1.59. The zero-order valence-electron chi connectivity index (χ0n) is 11.2. The van der Waals surface area contributed by atoms with E-state index >= 15 is 0 Å². The maximum absolute atomic E-state index is 11.5.